The highest BCUT2D eigenvalue weighted by atomic mass is 35.5. The van der Waals surface area contributed by atoms with Gasteiger partial charge in [-0.15, -0.1) is 11.8 Å². The zero-order valence-corrected chi connectivity index (χ0v) is 12.7. The summed E-state index contributed by atoms with van der Waals surface area (Å²) in [5.41, 5.74) is 5.68. The quantitative estimate of drug-likeness (QED) is 0.665. The summed E-state index contributed by atoms with van der Waals surface area (Å²) in [7, 11) is 1.41. The van der Waals surface area contributed by atoms with E-state index in [4.69, 9.17) is 33.7 Å². The number of pyridine rings is 1. The molecule has 104 valence electrons. The van der Waals surface area contributed by atoms with Gasteiger partial charge in [-0.3, -0.25) is 4.79 Å². The zero-order chi connectivity index (χ0) is 14.0. The van der Waals surface area contributed by atoms with Crippen LogP contribution in [0.3, 0.4) is 0 Å². The lowest BCUT2D eigenvalue weighted by molar-refractivity contribution is -0.141. The Kier molecular flexibility index (Phi) is 4.48. The SMILES string of the molecule is COC(=O)CC1(CSc2nc(N)c(Cl)cc2Cl)CC1. The molecule has 1 aromatic rings. The van der Waals surface area contributed by atoms with E-state index in [1.165, 1.54) is 18.9 Å². The Bertz CT molecular complexity index is 507. The predicted molar refractivity (Wildman–Crippen MR) is 77.7 cm³/mol. The molecule has 4 nitrogen and oxygen atoms in total. The van der Waals surface area contributed by atoms with Crippen molar-refractivity contribution >= 4 is 46.8 Å². The van der Waals surface area contributed by atoms with Crippen molar-refractivity contribution in [1.82, 2.24) is 4.98 Å². The van der Waals surface area contributed by atoms with Gasteiger partial charge in [-0.2, -0.15) is 0 Å². The summed E-state index contributed by atoms with van der Waals surface area (Å²) >= 11 is 13.4. The molecule has 2 N–H and O–H groups in total. The first kappa shape index (κ1) is 14.8. The molecule has 0 aromatic carbocycles. The van der Waals surface area contributed by atoms with Gasteiger partial charge in [-0.05, 0) is 24.3 Å². The maximum Gasteiger partial charge on any atom is 0.306 e. The number of nitrogen functional groups attached to an aromatic ring is 1. The highest BCUT2D eigenvalue weighted by molar-refractivity contribution is 7.99. The van der Waals surface area contributed by atoms with E-state index in [0.29, 0.717) is 21.5 Å². The van der Waals surface area contributed by atoms with E-state index in [9.17, 15) is 4.79 Å². The van der Waals surface area contributed by atoms with Crippen molar-refractivity contribution in [3.63, 3.8) is 0 Å². The second-order valence-corrected chi connectivity index (χ2v) is 6.46. The summed E-state index contributed by atoms with van der Waals surface area (Å²) in [5.74, 6) is 0.870. The smallest absolute Gasteiger partial charge is 0.306 e. The molecule has 0 saturated heterocycles. The van der Waals surface area contributed by atoms with Crippen LogP contribution in [0, 0.1) is 5.41 Å². The Hall–Kier alpha value is -0.650. The summed E-state index contributed by atoms with van der Waals surface area (Å²) in [5, 5.41) is 1.49. The molecule has 0 atom stereocenters. The number of anilines is 1. The van der Waals surface area contributed by atoms with E-state index in [1.54, 1.807) is 6.07 Å². The van der Waals surface area contributed by atoms with Gasteiger partial charge in [0, 0.05) is 5.75 Å². The number of ether oxygens (including phenoxy) is 1. The molecule has 0 spiro atoms. The normalized spacial score (nSPS) is 16.2. The average Bonchev–Trinajstić information content (AvgIpc) is 3.12. The van der Waals surface area contributed by atoms with E-state index < -0.39 is 0 Å². The number of rotatable bonds is 5. The van der Waals surface area contributed by atoms with Gasteiger partial charge in [0.1, 0.15) is 10.8 Å². The lowest BCUT2D eigenvalue weighted by Gasteiger charge is -2.13. The number of thioether (sulfide) groups is 1. The summed E-state index contributed by atoms with van der Waals surface area (Å²) in [6.45, 7) is 0. The number of nitrogens with two attached hydrogens (primary N) is 1. The van der Waals surface area contributed by atoms with Crippen molar-refractivity contribution in [3.8, 4) is 0 Å². The minimum atomic E-state index is -0.173. The Morgan fingerprint density at radius 3 is 2.79 bits per heavy atom. The number of esters is 1. The van der Waals surface area contributed by atoms with Crippen LogP contribution in [0.2, 0.25) is 10.0 Å². The van der Waals surface area contributed by atoms with Gasteiger partial charge in [0.05, 0.1) is 23.6 Å². The van der Waals surface area contributed by atoms with Gasteiger partial charge in [-0.1, -0.05) is 23.2 Å². The van der Waals surface area contributed by atoms with Crippen LogP contribution in [0.15, 0.2) is 11.1 Å². The Morgan fingerprint density at radius 1 is 1.53 bits per heavy atom. The van der Waals surface area contributed by atoms with Gasteiger partial charge in [0.2, 0.25) is 0 Å². The Labute approximate surface area is 126 Å². The molecule has 2 rings (SSSR count). The predicted octanol–water partition coefficient (Wildman–Crippen LogP) is 3.41. The molecular formula is C12H14Cl2N2O2S. The van der Waals surface area contributed by atoms with E-state index in [0.717, 1.165) is 18.6 Å². The van der Waals surface area contributed by atoms with Crippen LogP contribution in [-0.2, 0) is 9.53 Å². The third kappa shape index (κ3) is 3.68. The lowest BCUT2D eigenvalue weighted by atomic mass is 10.1. The molecule has 0 aliphatic heterocycles. The number of carbonyl (C=O) groups is 1. The van der Waals surface area contributed by atoms with E-state index in [2.05, 4.69) is 4.98 Å². The first-order chi connectivity index (χ1) is 8.96. The van der Waals surface area contributed by atoms with Crippen LogP contribution in [-0.4, -0.2) is 23.8 Å². The van der Waals surface area contributed by atoms with Gasteiger partial charge < -0.3 is 10.5 Å². The number of nitrogens with zero attached hydrogens (tertiary/aromatic N) is 1. The largest absolute Gasteiger partial charge is 0.469 e. The molecule has 1 aromatic heterocycles. The van der Waals surface area contributed by atoms with Gasteiger partial charge in [0.25, 0.3) is 0 Å². The van der Waals surface area contributed by atoms with Crippen molar-refractivity contribution in [2.24, 2.45) is 5.41 Å². The first-order valence-electron chi connectivity index (χ1n) is 5.77. The summed E-state index contributed by atoms with van der Waals surface area (Å²) in [6, 6.07) is 1.59. The third-order valence-corrected chi connectivity index (χ3v) is 5.19. The molecule has 0 unspecified atom stereocenters. The summed E-state index contributed by atoms with van der Waals surface area (Å²) < 4.78 is 4.71. The van der Waals surface area contributed by atoms with E-state index in [1.807, 2.05) is 0 Å². The highest BCUT2D eigenvalue weighted by Gasteiger charge is 2.44. The van der Waals surface area contributed by atoms with Crippen LogP contribution in [0.1, 0.15) is 19.3 Å². The zero-order valence-electron chi connectivity index (χ0n) is 10.4. The fourth-order valence-corrected chi connectivity index (χ4v) is 3.43. The number of aromatic nitrogens is 1. The first-order valence-corrected chi connectivity index (χ1v) is 7.51. The Balaban J connectivity index is 1.99. The van der Waals surface area contributed by atoms with Crippen LogP contribution in [0.4, 0.5) is 5.82 Å². The molecule has 1 aliphatic carbocycles. The molecule has 1 fully saturated rings. The summed E-state index contributed by atoms with van der Waals surface area (Å²) in [4.78, 5) is 15.5. The minimum Gasteiger partial charge on any atom is -0.469 e. The second-order valence-electron chi connectivity index (χ2n) is 4.68. The van der Waals surface area contributed by atoms with Crippen molar-refractivity contribution < 1.29 is 9.53 Å². The Morgan fingerprint density at radius 2 is 2.21 bits per heavy atom. The fourth-order valence-electron chi connectivity index (χ4n) is 1.71. The molecule has 1 heterocycles. The van der Waals surface area contributed by atoms with Crippen molar-refractivity contribution in [2.75, 3.05) is 18.6 Å². The summed E-state index contributed by atoms with van der Waals surface area (Å²) in [6.07, 6.45) is 2.49. The molecule has 0 radical (unpaired) electrons. The fraction of sp³-hybridized carbons (Fsp3) is 0.500. The number of hydrogen-bond acceptors (Lipinski definition) is 5. The average molecular weight is 321 g/mol. The molecule has 19 heavy (non-hydrogen) atoms. The van der Waals surface area contributed by atoms with Crippen molar-refractivity contribution in [2.45, 2.75) is 24.3 Å². The standard InChI is InChI=1S/C12H14Cl2N2O2S/c1-18-9(17)5-12(2-3-12)6-19-11-8(14)4-7(13)10(15)16-11/h4H,2-3,5-6H2,1H3,(H2,15,16). The maximum absolute atomic E-state index is 11.3. The lowest BCUT2D eigenvalue weighted by Crippen LogP contribution is -2.13. The van der Waals surface area contributed by atoms with E-state index >= 15 is 0 Å². The highest BCUT2D eigenvalue weighted by Crippen LogP contribution is 2.52. The number of hydrogen-bond donors (Lipinski definition) is 1. The third-order valence-electron chi connectivity index (χ3n) is 3.14. The van der Waals surface area contributed by atoms with Gasteiger partial charge >= 0.3 is 5.97 Å². The van der Waals surface area contributed by atoms with Crippen LogP contribution < -0.4 is 5.73 Å². The molecule has 0 amide bonds. The van der Waals surface area contributed by atoms with Crippen molar-refractivity contribution in [3.05, 3.63) is 16.1 Å². The van der Waals surface area contributed by atoms with Crippen LogP contribution in [0.25, 0.3) is 0 Å². The molecule has 1 saturated carbocycles. The monoisotopic (exact) mass is 320 g/mol. The molecule has 1 aliphatic rings. The maximum atomic E-state index is 11.3. The molecule has 7 heteroatoms. The minimum absolute atomic E-state index is 0.0250. The molecular weight excluding hydrogens is 307 g/mol. The topological polar surface area (TPSA) is 65.2 Å². The van der Waals surface area contributed by atoms with Gasteiger partial charge in [-0.25, -0.2) is 4.98 Å². The molecule has 0 bridgehead atoms. The number of carbonyl (C=O) groups excluding carboxylic acids is 1. The van der Waals surface area contributed by atoms with Crippen LogP contribution >= 0.6 is 35.0 Å². The number of halogens is 2. The second kappa shape index (κ2) is 5.77. The van der Waals surface area contributed by atoms with Crippen LogP contribution in [0.5, 0.6) is 0 Å². The van der Waals surface area contributed by atoms with E-state index in [-0.39, 0.29) is 17.2 Å². The number of methoxy groups -OCH3 is 1. The van der Waals surface area contributed by atoms with Crippen molar-refractivity contribution in [1.29, 1.82) is 0 Å². The van der Waals surface area contributed by atoms with Gasteiger partial charge in [0.15, 0.2) is 0 Å².